The molecule has 1 aromatic carbocycles. The second kappa shape index (κ2) is 5.43. The van der Waals surface area contributed by atoms with Crippen LogP contribution in [0.5, 0.6) is 5.75 Å². The molecule has 1 aromatic heterocycles. The normalized spacial score (nSPS) is 14.9. The van der Waals surface area contributed by atoms with Crippen LogP contribution in [0.25, 0.3) is 0 Å². The minimum atomic E-state index is -0.114. The number of H-pyrrole nitrogens is 1. The van der Waals surface area contributed by atoms with Crippen molar-refractivity contribution in [3.8, 4) is 5.75 Å². The second-order valence-corrected chi connectivity index (χ2v) is 5.73. The fraction of sp³-hybridized carbons (Fsp3) is 0.308. The number of aromatic nitrogens is 2. The Morgan fingerprint density at radius 3 is 3.05 bits per heavy atom. The van der Waals surface area contributed by atoms with Gasteiger partial charge in [0.15, 0.2) is 0 Å². The van der Waals surface area contributed by atoms with Crippen LogP contribution in [0.3, 0.4) is 0 Å². The molecule has 1 aliphatic rings. The number of aromatic amines is 1. The summed E-state index contributed by atoms with van der Waals surface area (Å²) in [5, 5.41) is 6.66. The van der Waals surface area contributed by atoms with Crippen LogP contribution in [-0.4, -0.2) is 16.8 Å². The number of fused-ring (bicyclic) bond motifs is 1. The molecule has 2 aromatic rings. The van der Waals surface area contributed by atoms with Gasteiger partial charge in [-0.3, -0.25) is 16.4 Å². The highest BCUT2D eigenvalue weighted by atomic mass is 79.9. The molecule has 7 heteroatoms. The Hall–Kier alpha value is -1.57. The maximum absolute atomic E-state index is 5.86. The van der Waals surface area contributed by atoms with E-state index in [1.807, 2.05) is 0 Å². The Bertz CT molecular complexity index is 627. The lowest BCUT2D eigenvalue weighted by molar-refractivity contribution is 0.351. The van der Waals surface area contributed by atoms with E-state index in [9.17, 15) is 0 Å². The van der Waals surface area contributed by atoms with Crippen molar-refractivity contribution >= 4 is 21.7 Å². The van der Waals surface area contributed by atoms with E-state index < -0.39 is 0 Å². The summed E-state index contributed by atoms with van der Waals surface area (Å²) in [6.07, 6.45) is 3.32. The Morgan fingerprint density at radius 1 is 1.50 bits per heavy atom. The number of hydrogen-bond acceptors (Lipinski definition) is 5. The number of rotatable bonds is 4. The molecule has 1 unspecified atom stereocenters. The predicted octanol–water partition coefficient (Wildman–Crippen LogP) is 1.44. The van der Waals surface area contributed by atoms with Crippen LogP contribution in [0, 0.1) is 0 Å². The second-order valence-electron chi connectivity index (χ2n) is 4.81. The molecule has 0 aliphatic carbocycles. The highest BCUT2D eigenvalue weighted by molar-refractivity contribution is 9.10. The van der Waals surface area contributed by atoms with Crippen molar-refractivity contribution in [3.63, 3.8) is 0 Å². The van der Waals surface area contributed by atoms with E-state index >= 15 is 0 Å². The number of hydrazine groups is 1. The van der Waals surface area contributed by atoms with Crippen molar-refractivity contribution in [1.29, 1.82) is 0 Å². The Morgan fingerprint density at radius 2 is 2.35 bits per heavy atom. The number of benzene rings is 1. The molecule has 0 saturated carbocycles. The Kier molecular flexibility index (Phi) is 3.64. The van der Waals surface area contributed by atoms with Crippen molar-refractivity contribution in [2.45, 2.75) is 18.9 Å². The van der Waals surface area contributed by atoms with Crippen molar-refractivity contribution in [2.24, 2.45) is 5.84 Å². The van der Waals surface area contributed by atoms with Crippen LogP contribution in [0.2, 0.25) is 0 Å². The molecule has 0 radical (unpaired) electrons. The first-order valence-electron chi connectivity index (χ1n) is 6.38. The number of ether oxygens (including phenoxy) is 1. The zero-order chi connectivity index (χ0) is 14.1. The fourth-order valence-electron chi connectivity index (χ4n) is 2.56. The number of hydrogen-bond donors (Lipinski definition) is 4. The predicted molar refractivity (Wildman–Crippen MR) is 80.1 cm³/mol. The smallest absolute Gasteiger partial charge is 0.125 e. The largest absolute Gasteiger partial charge is 0.493 e. The van der Waals surface area contributed by atoms with Gasteiger partial charge in [0.25, 0.3) is 0 Å². The van der Waals surface area contributed by atoms with E-state index in [-0.39, 0.29) is 6.04 Å². The maximum Gasteiger partial charge on any atom is 0.125 e. The minimum absolute atomic E-state index is 0.114. The molecule has 0 amide bonds. The summed E-state index contributed by atoms with van der Waals surface area (Å²) in [6, 6.07) is 4.05. The van der Waals surface area contributed by atoms with Gasteiger partial charge in [-0.1, -0.05) is 15.9 Å². The number of nitrogens with zero attached hydrogens (tertiary/aromatic N) is 1. The lowest BCUT2D eigenvalue weighted by Crippen LogP contribution is -2.30. The molecular formula is C13H16BrN5O. The van der Waals surface area contributed by atoms with Crippen molar-refractivity contribution < 1.29 is 4.74 Å². The third kappa shape index (κ3) is 2.39. The molecule has 0 saturated heterocycles. The highest BCUT2D eigenvalue weighted by Crippen LogP contribution is 2.35. The first-order valence-corrected chi connectivity index (χ1v) is 7.17. The number of nitrogens with one attached hydrogen (secondary N) is 2. The van der Waals surface area contributed by atoms with Crippen molar-refractivity contribution in [3.05, 3.63) is 39.5 Å². The third-order valence-electron chi connectivity index (χ3n) is 3.53. The number of halogens is 1. The third-order valence-corrected chi connectivity index (χ3v) is 3.98. The zero-order valence-corrected chi connectivity index (χ0v) is 12.4. The molecule has 0 fully saturated rings. The minimum Gasteiger partial charge on any atom is -0.493 e. The van der Waals surface area contributed by atoms with E-state index in [1.165, 1.54) is 5.56 Å². The van der Waals surface area contributed by atoms with Gasteiger partial charge in [0.1, 0.15) is 11.6 Å². The average Bonchev–Trinajstić information content (AvgIpc) is 3.04. The van der Waals surface area contributed by atoms with Gasteiger partial charge < -0.3 is 10.5 Å². The molecule has 6 N–H and O–H groups in total. The van der Waals surface area contributed by atoms with Crippen LogP contribution < -0.4 is 21.7 Å². The van der Waals surface area contributed by atoms with Gasteiger partial charge >= 0.3 is 0 Å². The van der Waals surface area contributed by atoms with Gasteiger partial charge in [0, 0.05) is 16.5 Å². The summed E-state index contributed by atoms with van der Waals surface area (Å²) in [6.45, 7) is 0.730. The van der Waals surface area contributed by atoms with Crippen LogP contribution in [0.4, 0.5) is 5.82 Å². The molecule has 2 heterocycles. The summed E-state index contributed by atoms with van der Waals surface area (Å²) in [5.41, 5.74) is 11.8. The monoisotopic (exact) mass is 337 g/mol. The van der Waals surface area contributed by atoms with E-state index in [2.05, 4.69) is 43.7 Å². The quantitative estimate of drug-likeness (QED) is 0.499. The van der Waals surface area contributed by atoms with Gasteiger partial charge in [-0.15, -0.1) is 0 Å². The van der Waals surface area contributed by atoms with E-state index in [4.69, 9.17) is 16.3 Å². The first kappa shape index (κ1) is 13.4. The van der Waals surface area contributed by atoms with Crippen LogP contribution in [-0.2, 0) is 12.8 Å². The lowest BCUT2D eigenvalue weighted by atomic mass is 9.98. The molecule has 106 valence electrons. The molecule has 1 atom stereocenters. The molecule has 1 aliphatic heterocycles. The number of anilines is 1. The molecule has 3 rings (SSSR count). The summed E-state index contributed by atoms with van der Waals surface area (Å²) in [7, 11) is 0. The molecule has 0 spiro atoms. The van der Waals surface area contributed by atoms with Crippen molar-refractivity contribution in [1.82, 2.24) is 15.6 Å². The first-order chi connectivity index (χ1) is 9.69. The summed E-state index contributed by atoms with van der Waals surface area (Å²) >= 11 is 3.54. The number of nitrogens with two attached hydrogens (primary N) is 2. The van der Waals surface area contributed by atoms with Gasteiger partial charge in [0.05, 0.1) is 18.8 Å². The van der Waals surface area contributed by atoms with Gasteiger partial charge in [-0.2, -0.15) is 5.10 Å². The zero-order valence-electron chi connectivity index (χ0n) is 10.8. The van der Waals surface area contributed by atoms with Gasteiger partial charge in [-0.25, -0.2) is 0 Å². The molecule has 6 nitrogen and oxygen atoms in total. The van der Waals surface area contributed by atoms with E-state index in [0.717, 1.165) is 34.4 Å². The fourth-order valence-corrected chi connectivity index (χ4v) is 3.11. The highest BCUT2D eigenvalue weighted by Gasteiger charge is 2.22. The maximum atomic E-state index is 5.86. The SMILES string of the molecule is NNC(Cc1cc(Br)cc2c1OCC2)c1cn[nH]c1N. The van der Waals surface area contributed by atoms with Gasteiger partial charge in [0.2, 0.25) is 0 Å². The standard InChI is InChI=1S/C13H16BrN5O/c14-9-3-7-1-2-20-12(7)8(4-9)5-11(18-16)10-6-17-19-13(10)15/h3-4,6,11,18H,1-2,5,16H2,(H3,15,17,19). The van der Waals surface area contributed by atoms with Crippen LogP contribution in [0.1, 0.15) is 22.7 Å². The lowest BCUT2D eigenvalue weighted by Gasteiger charge is -2.17. The topological polar surface area (TPSA) is 102 Å². The van der Waals surface area contributed by atoms with Crippen LogP contribution in [0.15, 0.2) is 22.8 Å². The number of nitrogen functional groups attached to an aromatic ring is 1. The van der Waals surface area contributed by atoms with Crippen LogP contribution >= 0.6 is 15.9 Å². The summed E-state index contributed by atoms with van der Waals surface area (Å²) in [4.78, 5) is 0. The molecule has 0 bridgehead atoms. The van der Waals surface area contributed by atoms with Crippen molar-refractivity contribution in [2.75, 3.05) is 12.3 Å². The average molecular weight is 338 g/mol. The Labute approximate surface area is 125 Å². The summed E-state index contributed by atoms with van der Waals surface area (Å²) in [5.74, 6) is 7.16. The van der Waals surface area contributed by atoms with E-state index in [1.54, 1.807) is 6.20 Å². The summed E-state index contributed by atoms with van der Waals surface area (Å²) < 4.78 is 6.78. The molecule has 20 heavy (non-hydrogen) atoms. The Balaban J connectivity index is 1.92. The molecular weight excluding hydrogens is 322 g/mol. The van der Waals surface area contributed by atoms with E-state index in [0.29, 0.717) is 12.2 Å². The van der Waals surface area contributed by atoms with Gasteiger partial charge in [-0.05, 0) is 29.7 Å².